The van der Waals surface area contributed by atoms with E-state index in [0.29, 0.717) is 0 Å². The van der Waals surface area contributed by atoms with Crippen molar-refractivity contribution in [3.63, 3.8) is 0 Å². The molecule has 0 aliphatic carbocycles. The van der Waals surface area contributed by atoms with E-state index in [1.54, 1.807) is 37.4 Å². The molecule has 0 amide bonds. The Kier molecular flexibility index (Phi) is 5.16. The molecular formula is C17H19F2NO2S. The van der Waals surface area contributed by atoms with Crippen LogP contribution < -0.4 is 0 Å². The molecule has 0 N–H and O–H groups in total. The van der Waals surface area contributed by atoms with Crippen molar-refractivity contribution >= 4 is 9.84 Å². The zero-order valence-corrected chi connectivity index (χ0v) is 14.1. The van der Waals surface area contributed by atoms with Crippen LogP contribution >= 0.6 is 0 Å². The van der Waals surface area contributed by atoms with E-state index in [1.165, 1.54) is 6.07 Å². The molecule has 2 aromatic rings. The van der Waals surface area contributed by atoms with Gasteiger partial charge in [-0.1, -0.05) is 24.3 Å². The highest BCUT2D eigenvalue weighted by atomic mass is 32.2. The molecule has 3 nitrogen and oxygen atoms in total. The fourth-order valence-corrected chi connectivity index (χ4v) is 2.95. The van der Waals surface area contributed by atoms with E-state index in [-0.39, 0.29) is 23.0 Å². The molecule has 0 saturated heterocycles. The Bertz CT molecular complexity index is 789. The van der Waals surface area contributed by atoms with E-state index in [4.69, 9.17) is 0 Å². The lowest BCUT2D eigenvalue weighted by atomic mass is 10.1. The van der Waals surface area contributed by atoms with Gasteiger partial charge >= 0.3 is 0 Å². The summed E-state index contributed by atoms with van der Waals surface area (Å²) in [6, 6.07) is 10.6. The van der Waals surface area contributed by atoms with Crippen molar-refractivity contribution in [2.24, 2.45) is 0 Å². The number of halogens is 2. The molecule has 0 heterocycles. The molecule has 0 unspecified atom stereocenters. The van der Waals surface area contributed by atoms with Crippen molar-refractivity contribution in [2.75, 3.05) is 13.3 Å². The molecular weight excluding hydrogens is 320 g/mol. The van der Waals surface area contributed by atoms with Crippen molar-refractivity contribution in [3.05, 3.63) is 65.2 Å². The van der Waals surface area contributed by atoms with E-state index < -0.39 is 21.5 Å². The molecule has 0 aromatic heterocycles. The molecule has 0 fully saturated rings. The topological polar surface area (TPSA) is 37.4 Å². The van der Waals surface area contributed by atoms with E-state index in [2.05, 4.69) is 0 Å². The van der Waals surface area contributed by atoms with Crippen LogP contribution in [0.5, 0.6) is 0 Å². The summed E-state index contributed by atoms with van der Waals surface area (Å²) < 4.78 is 49.9. The summed E-state index contributed by atoms with van der Waals surface area (Å²) in [5, 5.41) is 0. The Morgan fingerprint density at radius 2 is 1.70 bits per heavy atom. The highest BCUT2D eigenvalue weighted by molar-refractivity contribution is 7.90. The van der Waals surface area contributed by atoms with Gasteiger partial charge in [0.05, 0.1) is 4.90 Å². The number of rotatable bonds is 5. The van der Waals surface area contributed by atoms with Gasteiger partial charge in [0.2, 0.25) is 0 Å². The Labute approximate surface area is 135 Å². The van der Waals surface area contributed by atoms with Gasteiger partial charge in [0.25, 0.3) is 0 Å². The summed E-state index contributed by atoms with van der Waals surface area (Å²) in [4.78, 5) is 2.13. The number of hydrogen-bond donors (Lipinski definition) is 0. The lowest BCUT2D eigenvalue weighted by Crippen LogP contribution is -2.22. The Morgan fingerprint density at radius 1 is 1.09 bits per heavy atom. The molecule has 0 saturated carbocycles. The van der Waals surface area contributed by atoms with Crippen molar-refractivity contribution in [1.82, 2.24) is 4.90 Å². The van der Waals surface area contributed by atoms with E-state index in [0.717, 1.165) is 17.9 Å². The standard InChI is InChI=1S/C17H19F2NO2S/c1-12(13-7-9-15(10-8-13)23(3,21)22)20(2)11-14-5-4-6-16(18)17(14)19/h4-10,12H,11H2,1-3H3/t12-/m0/s1. The van der Waals surface area contributed by atoms with Gasteiger partial charge in [-0.15, -0.1) is 0 Å². The fraction of sp³-hybridized carbons (Fsp3) is 0.294. The highest BCUT2D eigenvalue weighted by Gasteiger charge is 2.16. The maximum Gasteiger partial charge on any atom is 0.175 e. The molecule has 0 aliphatic heterocycles. The average Bonchev–Trinajstić information content (AvgIpc) is 2.50. The maximum atomic E-state index is 13.7. The first-order valence-electron chi connectivity index (χ1n) is 7.13. The molecule has 0 aliphatic rings. The van der Waals surface area contributed by atoms with Crippen LogP contribution in [0, 0.1) is 11.6 Å². The monoisotopic (exact) mass is 339 g/mol. The van der Waals surface area contributed by atoms with Crippen molar-refractivity contribution in [3.8, 4) is 0 Å². The largest absolute Gasteiger partial charge is 0.295 e. The van der Waals surface area contributed by atoms with Crippen molar-refractivity contribution in [1.29, 1.82) is 0 Å². The molecule has 0 spiro atoms. The first-order chi connectivity index (χ1) is 10.7. The normalized spacial score (nSPS) is 13.3. The minimum Gasteiger partial charge on any atom is -0.295 e. The third-order valence-corrected chi connectivity index (χ3v) is 5.03. The van der Waals surface area contributed by atoms with Gasteiger partial charge in [0.15, 0.2) is 21.5 Å². The molecule has 1 atom stereocenters. The van der Waals surface area contributed by atoms with Crippen LogP contribution in [0.1, 0.15) is 24.1 Å². The summed E-state index contributed by atoms with van der Waals surface area (Å²) >= 11 is 0. The van der Waals surface area contributed by atoms with Gasteiger partial charge in [-0.3, -0.25) is 4.90 Å². The van der Waals surface area contributed by atoms with Crippen LogP contribution in [-0.2, 0) is 16.4 Å². The summed E-state index contributed by atoms with van der Waals surface area (Å²) in [5.74, 6) is -1.69. The molecule has 2 rings (SSSR count). The molecule has 23 heavy (non-hydrogen) atoms. The average molecular weight is 339 g/mol. The van der Waals surface area contributed by atoms with Crippen LogP contribution in [-0.4, -0.2) is 26.6 Å². The zero-order chi connectivity index (χ0) is 17.2. The van der Waals surface area contributed by atoms with Crippen LogP contribution in [0.4, 0.5) is 8.78 Å². The highest BCUT2D eigenvalue weighted by Crippen LogP contribution is 2.23. The van der Waals surface area contributed by atoms with E-state index in [9.17, 15) is 17.2 Å². The van der Waals surface area contributed by atoms with Crippen LogP contribution in [0.15, 0.2) is 47.4 Å². The summed E-state index contributed by atoms with van der Waals surface area (Å²) in [7, 11) is -1.42. The van der Waals surface area contributed by atoms with E-state index in [1.807, 2.05) is 11.8 Å². The van der Waals surface area contributed by atoms with Gasteiger partial charge in [-0.25, -0.2) is 17.2 Å². The number of sulfone groups is 1. The first-order valence-corrected chi connectivity index (χ1v) is 9.02. The fourth-order valence-electron chi connectivity index (χ4n) is 2.32. The minimum atomic E-state index is -3.23. The van der Waals surface area contributed by atoms with Gasteiger partial charge in [-0.05, 0) is 37.7 Å². The smallest absolute Gasteiger partial charge is 0.175 e. The Balaban J connectivity index is 2.16. The first kappa shape index (κ1) is 17.6. The number of benzene rings is 2. The Hall–Kier alpha value is -1.79. The summed E-state index contributed by atoms with van der Waals surface area (Å²) in [6.45, 7) is 2.17. The van der Waals surface area contributed by atoms with Gasteiger partial charge in [0.1, 0.15) is 0 Å². The van der Waals surface area contributed by atoms with E-state index >= 15 is 0 Å². The third-order valence-electron chi connectivity index (χ3n) is 3.90. The van der Waals surface area contributed by atoms with Gasteiger partial charge < -0.3 is 0 Å². The molecule has 2 aromatic carbocycles. The summed E-state index contributed by atoms with van der Waals surface area (Å²) in [6.07, 6.45) is 1.16. The molecule has 0 bridgehead atoms. The second-order valence-corrected chi connectivity index (χ2v) is 7.66. The predicted octanol–water partition coefficient (Wildman–Crippen LogP) is 3.56. The second kappa shape index (κ2) is 6.76. The summed E-state index contributed by atoms with van der Waals surface area (Å²) in [5.41, 5.74) is 1.18. The quantitative estimate of drug-likeness (QED) is 0.836. The molecule has 6 heteroatoms. The number of nitrogens with zero attached hydrogens (tertiary/aromatic N) is 1. The predicted molar refractivity (Wildman–Crippen MR) is 85.8 cm³/mol. The Morgan fingerprint density at radius 3 is 2.26 bits per heavy atom. The van der Waals surface area contributed by atoms with Crippen molar-refractivity contribution in [2.45, 2.75) is 24.4 Å². The van der Waals surface area contributed by atoms with Gasteiger partial charge in [-0.2, -0.15) is 0 Å². The maximum absolute atomic E-state index is 13.7. The lowest BCUT2D eigenvalue weighted by molar-refractivity contribution is 0.248. The zero-order valence-electron chi connectivity index (χ0n) is 13.3. The van der Waals surface area contributed by atoms with Crippen molar-refractivity contribution < 1.29 is 17.2 Å². The SMILES string of the molecule is C[C@@H](c1ccc(S(C)(=O)=O)cc1)N(C)Cc1cccc(F)c1F. The lowest BCUT2D eigenvalue weighted by Gasteiger charge is -2.25. The second-order valence-electron chi connectivity index (χ2n) is 5.65. The minimum absolute atomic E-state index is 0.0775. The van der Waals surface area contributed by atoms with Crippen LogP contribution in [0.3, 0.4) is 0 Å². The number of hydrogen-bond acceptors (Lipinski definition) is 3. The van der Waals surface area contributed by atoms with Crippen LogP contribution in [0.2, 0.25) is 0 Å². The molecule has 124 valence electrons. The third kappa shape index (κ3) is 4.14. The van der Waals surface area contributed by atoms with Crippen LogP contribution in [0.25, 0.3) is 0 Å². The molecule has 0 radical (unpaired) electrons. The van der Waals surface area contributed by atoms with Gasteiger partial charge in [0, 0.05) is 24.4 Å².